The average Bonchev–Trinajstić information content (AvgIpc) is 2.50. The lowest BCUT2D eigenvalue weighted by molar-refractivity contribution is 0.396. The Bertz CT molecular complexity index is 365. The molecule has 1 fully saturated rings. The van der Waals surface area contributed by atoms with Crippen LogP contribution in [-0.4, -0.2) is 9.78 Å². The zero-order valence-corrected chi connectivity index (χ0v) is 11.4. The molecule has 0 unspecified atom stereocenters. The summed E-state index contributed by atoms with van der Waals surface area (Å²) in [6.45, 7) is 6.51. The van der Waals surface area contributed by atoms with Crippen LogP contribution in [-0.2, 0) is 5.41 Å². The molecule has 0 saturated heterocycles. The number of nitrogens with two attached hydrogens (primary N) is 1. The molecule has 0 atom stereocenters. The minimum absolute atomic E-state index is 0.0417. The molecule has 3 nitrogen and oxygen atoms in total. The summed E-state index contributed by atoms with van der Waals surface area (Å²) in [5.41, 5.74) is 8.02. The van der Waals surface area contributed by atoms with E-state index in [9.17, 15) is 0 Å². The van der Waals surface area contributed by atoms with E-state index in [1.165, 1.54) is 38.5 Å². The van der Waals surface area contributed by atoms with Gasteiger partial charge in [-0.15, -0.1) is 0 Å². The summed E-state index contributed by atoms with van der Waals surface area (Å²) in [7, 11) is 0. The highest BCUT2D eigenvalue weighted by Crippen LogP contribution is 2.31. The molecule has 1 aliphatic rings. The Balaban J connectivity index is 2.21. The Morgan fingerprint density at radius 2 is 1.76 bits per heavy atom. The Morgan fingerprint density at radius 3 is 2.24 bits per heavy atom. The first kappa shape index (κ1) is 12.5. The molecule has 0 bridgehead atoms. The molecular formula is C14H25N3. The van der Waals surface area contributed by atoms with E-state index in [2.05, 4.69) is 25.5 Å². The van der Waals surface area contributed by atoms with Crippen molar-refractivity contribution in [2.45, 2.75) is 70.8 Å². The van der Waals surface area contributed by atoms with Crippen molar-refractivity contribution < 1.29 is 0 Å². The normalized spacial score (nSPS) is 19.2. The van der Waals surface area contributed by atoms with E-state index in [4.69, 9.17) is 10.8 Å². The number of rotatable bonds is 1. The van der Waals surface area contributed by atoms with Crippen LogP contribution in [0.2, 0.25) is 0 Å². The van der Waals surface area contributed by atoms with Crippen molar-refractivity contribution in [1.29, 1.82) is 0 Å². The zero-order valence-electron chi connectivity index (χ0n) is 11.4. The first-order chi connectivity index (χ1) is 7.98. The number of nitrogen functional groups attached to an aromatic ring is 1. The molecule has 0 aromatic carbocycles. The molecule has 1 aliphatic carbocycles. The van der Waals surface area contributed by atoms with E-state index >= 15 is 0 Å². The maximum absolute atomic E-state index is 6.09. The lowest BCUT2D eigenvalue weighted by Crippen LogP contribution is -2.16. The molecule has 17 heavy (non-hydrogen) atoms. The molecule has 0 spiro atoms. The highest BCUT2D eigenvalue weighted by molar-refractivity contribution is 5.44. The fourth-order valence-electron chi connectivity index (χ4n) is 2.70. The zero-order chi connectivity index (χ0) is 12.5. The van der Waals surface area contributed by atoms with Gasteiger partial charge in [0.25, 0.3) is 0 Å². The van der Waals surface area contributed by atoms with Crippen LogP contribution in [0.15, 0.2) is 6.20 Å². The maximum atomic E-state index is 6.09. The van der Waals surface area contributed by atoms with Crippen molar-refractivity contribution in [3.8, 4) is 0 Å². The van der Waals surface area contributed by atoms with E-state index < -0.39 is 0 Å². The minimum atomic E-state index is 0.0417. The Hall–Kier alpha value is -0.990. The molecule has 1 aromatic rings. The molecular weight excluding hydrogens is 210 g/mol. The second-order valence-electron chi connectivity index (χ2n) is 6.31. The summed E-state index contributed by atoms with van der Waals surface area (Å²) >= 11 is 0. The first-order valence-corrected chi connectivity index (χ1v) is 6.83. The van der Waals surface area contributed by atoms with Crippen LogP contribution in [0, 0.1) is 0 Å². The van der Waals surface area contributed by atoms with Crippen molar-refractivity contribution in [1.82, 2.24) is 9.78 Å². The smallest absolute Gasteiger partial charge is 0.0907 e. The molecule has 0 aliphatic heterocycles. The third kappa shape index (κ3) is 2.82. The van der Waals surface area contributed by atoms with Crippen LogP contribution in [0.3, 0.4) is 0 Å². The van der Waals surface area contributed by atoms with Crippen molar-refractivity contribution >= 4 is 5.69 Å². The van der Waals surface area contributed by atoms with Crippen molar-refractivity contribution in [2.24, 2.45) is 0 Å². The lowest BCUT2D eigenvalue weighted by Gasteiger charge is -2.17. The quantitative estimate of drug-likeness (QED) is 0.755. The monoisotopic (exact) mass is 235 g/mol. The van der Waals surface area contributed by atoms with E-state index in [1.54, 1.807) is 0 Å². The van der Waals surface area contributed by atoms with Crippen molar-refractivity contribution in [2.75, 3.05) is 5.73 Å². The predicted molar refractivity (Wildman–Crippen MR) is 72.1 cm³/mol. The van der Waals surface area contributed by atoms with Crippen molar-refractivity contribution in [3.63, 3.8) is 0 Å². The molecule has 96 valence electrons. The number of aromatic nitrogens is 2. The predicted octanol–water partition coefficient (Wildman–Crippen LogP) is 3.66. The Kier molecular flexibility index (Phi) is 3.45. The second kappa shape index (κ2) is 4.71. The van der Waals surface area contributed by atoms with E-state index in [1.807, 2.05) is 6.20 Å². The summed E-state index contributed by atoms with van der Waals surface area (Å²) in [5, 5.41) is 4.74. The summed E-state index contributed by atoms with van der Waals surface area (Å²) in [6.07, 6.45) is 9.95. The van der Waals surface area contributed by atoms with Crippen LogP contribution in [0.1, 0.15) is 71.0 Å². The largest absolute Gasteiger partial charge is 0.396 e. The van der Waals surface area contributed by atoms with Gasteiger partial charge in [0.05, 0.1) is 17.4 Å². The number of hydrogen-bond acceptors (Lipinski definition) is 2. The van der Waals surface area contributed by atoms with Gasteiger partial charge in [-0.25, -0.2) is 0 Å². The SMILES string of the molecule is CC(C)(C)c1nn(C2CCCCCC2)cc1N. The molecule has 3 heteroatoms. The highest BCUT2D eigenvalue weighted by atomic mass is 15.3. The van der Waals surface area contributed by atoms with Gasteiger partial charge in [-0.1, -0.05) is 46.5 Å². The molecule has 0 amide bonds. The van der Waals surface area contributed by atoms with Gasteiger partial charge in [0, 0.05) is 11.6 Å². The van der Waals surface area contributed by atoms with Crippen LogP contribution in [0.4, 0.5) is 5.69 Å². The Labute approximate surface area is 104 Å². The van der Waals surface area contributed by atoms with Gasteiger partial charge in [-0.05, 0) is 12.8 Å². The van der Waals surface area contributed by atoms with Crippen LogP contribution < -0.4 is 5.73 Å². The molecule has 2 rings (SSSR count). The first-order valence-electron chi connectivity index (χ1n) is 6.83. The van der Waals surface area contributed by atoms with Crippen LogP contribution >= 0.6 is 0 Å². The highest BCUT2D eigenvalue weighted by Gasteiger charge is 2.23. The van der Waals surface area contributed by atoms with E-state index in [0.717, 1.165) is 11.4 Å². The third-order valence-corrected chi connectivity index (χ3v) is 3.67. The topological polar surface area (TPSA) is 43.8 Å². The summed E-state index contributed by atoms with van der Waals surface area (Å²) in [4.78, 5) is 0. The maximum Gasteiger partial charge on any atom is 0.0907 e. The fraction of sp³-hybridized carbons (Fsp3) is 0.786. The van der Waals surface area contributed by atoms with Gasteiger partial charge in [0.1, 0.15) is 0 Å². The van der Waals surface area contributed by atoms with E-state index in [0.29, 0.717) is 6.04 Å². The molecule has 1 saturated carbocycles. The summed E-state index contributed by atoms with van der Waals surface area (Å²) < 4.78 is 2.13. The number of hydrogen-bond donors (Lipinski definition) is 1. The molecule has 0 radical (unpaired) electrons. The summed E-state index contributed by atoms with van der Waals surface area (Å²) in [6, 6.07) is 0.566. The molecule has 2 N–H and O–H groups in total. The van der Waals surface area contributed by atoms with E-state index in [-0.39, 0.29) is 5.41 Å². The molecule has 1 heterocycles. The fourth-order valence-corrected chi connectivity index (χ4v) is 2.70. The third-order valence-electron chi connectivity index (χ3n) is 3.67. The van der Waals surface area contributed by atoms with Gasteiger partial charge >= 0.3 is 0 Å². The standard InChI is InChI=1S/C14H25N3/c1-14(2,3)13-12(15)10-17(16-13)11-8-6-4-5-7-9-11/h10-11H,4-9,15H2,1-3H3. The minimum Gasteiger partial charge on any atom is -0.396 e. The van der Waals surface area contributed by atoms with Gasteiger partial charge in [0.2, 0.25) is 0 Å². The van der Waals surface area contributed by atoms with Crippen molar-refractivity contribution in [3.05, 3.63) is 11.9 Å². The van der Waals surface area contributed by atoms with Gasteiger partial charge in [-0.2, -0.15) is 5.10 Å². The average molecular weight is 235 g/mol. The summed E-state index contributed by atoms with van der Waals surface area (Å²) in [5.74, 6) is 0. The van der Waals surface area contributed by atoms with Gasteiger partial charge in [-0.3, -0.25) is 4.68 Å². The number of anilines is 1. The van der Waals surface area contributed by atoms with Crippen LogP contribution in [0.25, 0.3) is 0 Å². The second-order valence-corrected chi connectivity index (χ2v) is 6.31. The van der Waals surface area contributed by atoms with Crippen LogP contribution in [0.5, 0.6) is 0 Å². The lowest BCUT2D eigenvalue weighted by atomic mass is 9.92. The molecule has 1 aromatic heterocycles. The van der Waals surface area contributed by atoms with Gasteiger partial charge in [0.15, 0.2) is 0 Å². The van der Waals surface area contributed by atoms with Gasteiger partial charge < -0.3 is 5.73 Å². The number of nitrogens with zero attached hydrogens (tertiary/aromatic N) is 2. The Morgan fingerprint density at radius 1 is 1.18 bits per heavy atom.